The first-order chi connectivity index (χ1) is 15.3. The Bertz CT molecular complexity index is 985. The maximum absolute atomic E-state index is 6.28. The minimum absolute atomic E-state index is 0.638. The highest BCUT2D eigenvalue weighted by Gasteiger charge is 2.13. The van der Waals surface area contributed by atoms with Crippen LogP contribution in [-0.2, 0) is 0 Å². The van der Waals surface area contributed by atoms with E-state index in [1.165, 1.54) is 0 Å². The second-order valence-electron chi connectivity index (χ2n) is 7.70. The van der Waals surface area contributed by atoms with Crippen molar-refractivity contribution in [1.82, 2.24) is 15.2 Å². The SMILES string of the molecule is CCCOc1ccc(-c2cc(OCCN3CCNCC3)c3cc(OC)ccc3n2)cc1. The van der Waals surface area contributed by atoms with E-state index in [0.717, 1.165) is 85.2 Å². The van der Waals surface area contributed by atoms with Crippen LogP contribution in [0.25, 0.3) is 22.2 Å². The molecule has 31 heavy (non-hydrogen) atoms. The number of hydrogen-bond acceptors (Lipinski definition) is 6. The van der Waals surface area contributed by atoms with Gasteiger partial charge in [0.05, 0.1) is 24.9 Å². The lowest BCUT2D eigenvalue weighted by Crippen LogP contribution is -2.44. The van der Waals surface area contributed by atoms with Gasteiger partial charge in [-0.1, -0.05) is 6.92 Å². The number of ether oxygens (including phenoxy) is 3. The fourth-order valence-electron chi connectivity index (χ4n) is 3.73. The minimum atomic E-state index is 0.638. The van der Waals surface area contributed by atoms with E-state index in [-0.39, 0.29) is 0 Å². The molecule has 1 aromatic heterocycles. The van der Waals surface area contributed by atoms with E-state index in [1.54, 1.807) is 7.11 Å². The predicted octanol–water partition coefficient (Wildman–Crippen LogP) is 3.98. The Labute approximate surface area is 184 Å². The molecular weight excluding hydrogens is 390 g/mol. The van der Waals surface area contributed by atoms with Gasteiger partial charge in [0.25, 0.3) is 0 Å². The number of aromatic nitrogens is 1. The highest BCUT2D eigenvalue weighted by molar-refractivity contribution is 5.89. The topological polar surface area (TPSA) is 55.9 Å². The van der Waals surface area contributed by atoms with Crippen molar-refractivity contribution in [3.63, 3.8) is 0 Å². The first-order valence-electron chi connectivity index (χ1n) is 11.0. The van der Waals surface area contributed by atoms with E-state index in [2.05, 4.69) is 17.1 Å². The lowest BCUT2D eigenvalue weighted by atomic mass is 10.1. The summed E-state index contributed by atoms with van der Waals surface area (Å²) in [5.74, 6) is 2.51. The van der Waals surface area contributed by atoms with Gasteiger partial charge in [0.15, 0.2) is 0 Å². The summed E-state index contributed by atoms with van der Waals surface area (Å²) in [5, 5.41) is 4.35. The highest BCUT2D eigenvalue weighted by Crippen LogP contribution is 2.33. The number of pyridine rings is 1. The second kappa shape index (κ2) is 10.5. The molecule has 0 unspecified atom stereocenters. The largest absolute Gasteiger partial charge is 0.497 e. The molecule has 0 atom stereocenters. The summed E-state index contributed by atoms with van der Waals surface area (Å²) in [7, 11) is 1.68. The summed E-state index contributed by atoms with van der Waals surface area (Å²) in [6.45, 7) is 8.58. The van der Waals surface area contributed by atoms with E-state index in [1.807, 2.05) is 48.5 Å². The van der Waals surface area contributed by atoms with Crippen molar-refractivity contribution < 1.29 is 14.2 Å². The molecular formula is C25H31N3O3. The maximum atomic E-state index is 6.28. The lowest BCUT2D eigenvalue weighted by molar-refractivity contribution is 0.192. The quantitative estimate of drug-likeness (QED) is 0.564. The number of benzene rings is 2. The molecule has 0 saturated carbocycles. The van der Waals surface area contributed by atoms with Crippen LogP contribution in [0.5, 0.6) is 17.2 Å². The smallest absolute Gasteiger partial charge is 0.131 e. The third-order valence-corrected chi connectivity index (χ3v) is 5.48. The van der Waals surface area contributed by atoms with Crippen LogP contribution in [0, 0.1) is 0 Å². The highest BCUT2D eigenvalue weighted by atomic mass is 16.5. The molecule has 164 valence electrons. The van der Waals surface area contributed by atoms with Crippen LogP contribution in [0.15, 0.2) is 48.5 Å². The van der Waals surface area contributed by atoms with Crippen molar-refractivity contribution in [2.75, 3.05) is 53.0 Å². The van der Waals surface area contributed by atoms with Gasteiger partial charge in [0.1, 0.15) is 23.9 Å². The molecule has 2 aromatic carbocycles. The average Bonchev–Trinajstić information content (AvgIpc) is 2.83. The van der Waals surface area contributed by atoms with E-state index >= 15 is 0 Å². The fourth-order valence-corrected chi connectivity index (χ4v) is 3.73. The first kappa shape index (κ1) is 21.4. The zero-order valence-corrected chi connectivity index (χ0v) is 18.4. The van der Waals surface area contributed by atoms with Crippen LogP contribution >= 0.6 is 0 Å². The van der Waals surface area contributed by atoms with Gasteiger partial charge in [0, 0.05) is 49.7 Å². The number of rotatable bonds is 9. The van der Waals surface area contributed by atoms with Crippen LogP contribution in [0.2, 0.25) is 0 Å². The molecule has 0 aliphatic carbocycles. The Morgan fingerprint density at radius 3 is 2.45 bits per heavy atom. The van der Waals surface area contributed by atoms with Gasteiger partial charge < -0.3 is 19.5 Å². The molecule has 2 heterocycles. The summed E-state index contributed by atoms with van der Waals surface area (Å²) in [6.07, 6.45) is 0.992. The van der Waals surface area contributed by atoms with E-state index in [9.17, 15) is 0 Å². The van der Waals surface area contributed by atoms with Gasteiger partial charge in [-0.05, 0) is 48.9 Å². The Morgan fingerprint density at radius 1 is 0.935 bits per heavy atom. The summed E-state index contributed by atoms with van der Waals surface area (Å²) in [5.41, 5.74) is 2.81. The van der Waals surface area contributed by atoms with Gasteiger partial charge in [-0.3, -0.25) is 4.90 Å². The molecule has 3 aromatic rings. The zero-order chi connectivity index (χ0) is 21.5. The van der Waals surface area contributed by atoms with E-state index in [4.69, 9.17) is 19.2 Å². The zero-order valence-electron chi connectivity index (χ0n) is 18.4. The lowest BCUT2D eigenvalue weighted by Gasteiger charge is -2.27. The Balaban J connectivity index is 1.58. The molecule has 1 aliphatic heterocycles. The third kappa shape index (κ3) is 5.46. The molecule has 0 bridgehead atoms. The normalized spacial score (nSPS) is 14.5. The van der Waals surface area contributed by atoms with Crippen molar-refractivity contribution in [3.05, 3.63) is 48.5 Å². The van der Waals surface area contributed by atoms with Crippen LogP contribution in [-0.4, -0.2) is 62.9 Å². The number of methoxy groups -OCH3 is 1. The molecule has 1 saturated heterocycles. The van der Waals surface area contributed by atoms with Crippen LogP contribution < -0.4 is 19.5 Å². The molecule has 4 rings (SSSR count). The molecule has 6 nitrogen and oxygen atoms in total. The first-order valence-corrected chi connectivity index (χ1v) is 11.0. The van der Waals surface area contributed by atoms with Crippen LogP contribution in [0.3, 0.4) is 0 Å². The third-order valence-electron chi connectivity index (χ3n) is 5.48. The van der Waals surface area contributed by atoms with Crippen molar-refractivity contribution in [2.24, 2.45) is 0 Å². The summed E-state index contributed by atoms with van der Waals surface area (Å²) in [4.78, 5) is 7.30. The Hall–Kier alpha value is -2.83. The molecule has 1 fully saturated rings. The molecule has 6 heteroatoms. The standard InChI is InChI=1S/C25H31N3O3/c1-3-15-30-20-6-4-19(5-7-20)24-18-25(31-16-14-28-12-10-26-11-13-28)22-17-21(29-2)8-9-23(22)27-24/h4-9,17-18,26H,3,10-16H2,1-2H3. The Morgan fingerprint density at radius 2 is 1.71 bits per heavy atom. The summed E-state index contributed by atoms with van der Waals surface area (Å²) < 4.78 is 17.4. The number of nitrogens with one attached hydrogen (secondary N) is 1. The van der Waals surface area contributed by atoms with Crippen molar-refractivity contribution in [2.45, 2.75) is 13.3 Å². The molecule has 1 N–H and O–H groups in total. The van der Waals surface area contributed by atoms with Gasteiger partial charge >= 0.3 is 0 Å². The van der Waals surface area contributed by atoms with E-state index < -0.39 is 0 Å². The number of hydrogen-bond donors (Lipinski definition) is 1. The molecule has 0 amide bonds. The molecule has 0 spiro atoms. The number of fused-ring (bicyclic) bond motifs is 1. The van der Waals surface area contributed by atoms with Crippen molar-refractivity contribution in [3.8, 4) is 28.5 Å². The predicted molar refractivity (Wildman–Crippen MR) is 124 cm³/mol. The van der Waals surface area contributed by atoms with Gasteiger partial charge in [0.2, 0.25) is 0 Å². The summed E-state index contributed by atoms with van der Waals surface area (Å²) in [6, 6.07) is 16.0. The molecule has 0 radical (unpaired) electrons. The number of nitrogens with zero attached hydrogens (tertiary/aromatic N) is 2. The minimum Gasteiger partial charge on any atom is -0.497 e. The monoisotopic (exact) mass is 421 g/mol. The van der Waals surface area contributed by atoms with Crippen molar-refractivity contribution in [1.29, 1.82) is 0 Å². The summed E-state index contributed by atoms with van der Waals surface area (Å²) >= 11 is 0. The van der Waals surface area contributed by atoms with Gasteiger partial charge in [-0.15, -0.1) is 0 Å². The molecule has 1 aliphatic rings. The van der Waals surface area contributed by atoms with Gasteiger partial charge in [-0.2, -0.15) is 0 Å². The average molecular weight is 422 g/mol. The maximum Gasteiger partial charge on any atom is 0.131 e. The Kier molecular flexibility index (Phi) is 7.22. The van der Waals surface area contributed by atoms with Gasteiger partial charge in [-0.25, -0.2) is 4.98 Å². The van der Waals surface area contributed by atoms with E-state index in [0.29, 0.717) is 6.61 Å². The number of piperazine rings is 1. The van der Waals surface area contributed by atoms with Crippen LogP contribution in [0.4, 0.5) is 0 Å². The fraction of sp³-hybridized carbons (Fsp3) is 0.400. The van der Waals surface area contributed by atoms with Crippen molar-refractivity contribution >= 4 is 10.9 Å². The second-order valence-corrected chi connectivity index (χ2v) is 7.70. The van der Waals surface area contributed by atoms with Crippen LogP contribution in [0.1, 0.15) is 13.3 Å².